The average Bonchev–Trinajstić information content (AvgIpc) is 2.53. The summed E-state index contributed by atoms with van der Waals surface area (Å²) in [5.74, 6) is 0.925. The molecule has 0 aromatic rings. The molecule has 0 spiro atoms. The summed E-state index contributed by atoms with van der Waals surface area (Å²) >= 11 is 6.01. The van der Waals surface area contributed by atoms with Crippen LogP contribution in [0.4, 0.5) is 0 Å². The lowest BCUT2D eigenvalue weighted by atomic mass is 10.0. The van der Waals surface area contributed by atoms with E-state index in [-0.39, 0.29) is 5.03 Å². The lowest BCUT2D eigenvalue weighted by Gasteiger charge is -2.18. The standard InChI is InChI=1S/C10H14ClNO2S.C6H13N.C2H6/c1-7-5-4-6-9(11)10(7)12-8(2)15(3,13)14;1-6-3-2-4-7-5-6;1-2/h5,12H,2,4,6H2,1,3H3;6-7H,2-5H2,1H3;1-2H3. The van der Waals surface area contributed by atoms with Crippen LogP contribution in [0.5, 0.6) is 0 Å². The molecule has 24 heavy (non-hydrogen) atoms. The van der Waals surface area contributed by atoms with Gasteiger partial charge in [0, 0.05) is 11.3 Å². The van der Waals surface area contributed by atoms with E-state index in [4.69, 9.17) is 11.6 Å². The SMILES string of the molecule is C=C(NC1=C(Cl)CCC=C1C)S(C)(=O)=O.CC.CC1CCCNC1. The number of hydrogen-bond donors (Lipinski definition) is 2. The van der Waals surface area contributed by atoms with Gasteiger partial charge in [-0.05, 0) is 57.2 Å². The molecule has 2 rings (SSSR count). The fourth-order valence-electron chi connectivity index (χ4n) is 2.28. The molecule has 1 aliphatic carbocycles. The van der Waals surface area contributed by atoms with Crippen LogP contribution in [0.1, 0.15) is 53.4 Å². The number of hydrogen-bond acceptors (Lipinski definition) is 4. The summed E-state index contributed by atoms with van der Waals surface area (Å²) in [7, 11) is -3.27. The molecule has 0 amide bonds. The van der Waals surface area contributed by atoms with Gasteiger partial charge in [-0.2, -0.15) is 0 Å². The first-order valence-corrected chi connectivity index (χ1v) is 10.9. The van der Waals surface area contributed by atoms with Gasteiger partial charge >= 0.3 is 0 Å². The Morgan fingerprint density at radius 2 is 2.04 bits per heavy atom. The molecule has 1 aliphatic heterocycles. The third-order valence-corrected chi connectivity index (χ3v) is 5.11. The maximum Gasteiger partial charge on any atom is 0.190 e. The predicted octanol–water partition coefficient (Wildman–Crippen LogP) is 4.31. The first-order valence-electron chi connectivity index (χ1n) is 8.64. The monoisotopic (exact) mass is 376 g/mol. The van der Waals surface area contributed by atoms with Crippen molar-refractivity contribution in [1.29, 1.82) is 0 Å². The second-order valence-corrected chi connectivity index (χ2v) is 8.47. The van der Waals surface area contributed by atoms with E-state index in [0.717, 1.165) is 30.6 Å². The molecule has 1 saturated heterocycles. The number of piperidine rings is 1. The average molecular weight is 377 g/mol. The number of halogens is 1. The van der Waals surface area contributed by atoms with E-state index in [1.165, 1.54) is 25.9 Å². The van der Waals surface area contributed by atoms with Gasteiger partial charge in [0.25, 0.3) is 0 Å². The van der Waals surface area contributed by atoms with Crippen molar-refractivity contribution in [3.8, 4) is 0 Å². The molecule has 1 unspecified atom stereocenters. The molecular weight excluding hydrogens is 344 g/mol. The molecule has 0 aromatic carbocycles. The molecule has 0 radical (unpaired) electrons. The molecule has 4 nitrogen and oxygen atoms in total. The largest absolute Gasteiger partial charge is 0.346 e. The fraction of sp³-hybridized carbons (Fsp3) is 0.667. The molecule has 2 N–H and O–H groups in total. The Morgan fingerprint density at radius 3 is 2.42 bits per heavy atom. The van der Waals surface area contributed by atoms with E-state index in [1.807, 2.05) is 26.8 Å². The van der Waals surface area contributed by atoms with E-state index in [1.54, 1.807) is 0 Å². The van der Waals surface area contributed by atoms with Gasteiger partial charge in [-0.1, -0.05) is 45.0 Å². The highest BCUT2D eigenvalue weighted by molar-refractivity contribution is 7.94. The maximum atomic E-state index is 11.2. The van der Waals surface area contributed by atoms with Gasteiger partial charge < -0.3 is 10.6 Å². The van der Waals surface area contributed by atoms with Crippen molar-refractivity contribution in [2.45, 2.75) is 53.4 Å². The van der Waals surface area contributed by atoms with Crippen molar-refractivity contribution < 1.29 is 8.42 Å². The summed E-state index contributed by atoms with van der Waals surface area (Å²) in [5.41, 5.74) is 1.62. The number of sulfone groups is 1. The van der Waals surface area contributed by atoms with Crippen molar-refractivity contribution in [2.75, 3.05) is 19.3 Å². The molecule has 1 atom stereocenters. The van der Waals surface area contributed by atoms with Crippen LogP contribution in [0.3, 0.4) is 0 Å². The van der Waals surface area contributed by atoms with Crippen LogP contribution in [0.25, 0.3) is 0 Å². The molecule has 0 aromatic heterocycles. The normalized spacial score (nSPS) is 20.8. The number of nitrogens with one attached hydrogen (secondary N) is 2. The summed E-state index contributed by atoms with van der Waals surface area (Å²) in [5, 5.41) is 6.72. The Balaban J connectivity index is 0.000000488. The number of rotatable bonds is 3. The Bertz CT molecular complexity index is 560. The van der Waals surface area contributed by atoms with Gasteiger partial charge in [-0.3, -0.25) is 0 Å². The van der Waals surface area contributed by atoms with Crippen molar-refractivity contribution in [3.05, 3.63) is 34.0 Å². The van der Waals surface area contributed by atoms with E-state index in [9.17, 15) is 8.42 Å². The first kappa shape index (κ1) is 23.2. The highest BCUT2D eigenvalue weighted by Crippen LogP contribution is 2.26. The second kappa shape index (κ2) is 11.7. The predicted molar refractivity (Wildman–Crippen MR) is 106 cm³/mol. The van der Waals surface area contributed by atoms with Crippen LogP contribution < -0.4 is 10.6 Å². The minimum Gasteiger partial charge on any atom is -0.346 e. The molecule has 140 valence electrons. The highest BCUT2D eigenvalue weighted by atomic mass is 35.5. The summed E-state index contributed by atoms with van der Waals surface area (Å²) in [6.07, 6.45) is 7.55. The fourth-order valence-corrected chi connectivity index (χ4v) is 2.87. The molecule has 6 heteroatoms. The highest BCUT2D eigenvalue weighted by Gasteiger charge is 2.15. The van der Waals surface area contributed by atoms with Crippen molar-refractivity contribution in [2.24, 2.45) is 5.92 Å². The molecule has 1 fully saturated rings. The lowest BCUT2D eigenvalue weighted by Crippen LogP contribution is -2.27. The Hall–Kier alpha value is -0.780. The Kier molecular flexibility index (Phi) is 11.3. The second-order valence-electron chi connectivity index (χ2n) is 5.98. The van der Waals surface area contributed by atoms with Crippen molar-refractivity contribution >= 4 is 21.4 Å². The summed E-state index contributed by atoms with van der Waals surface area (Å²) < 4.78 is 22.3. The van der Waals surface area contributed by atoms with Gasteiger partial charge in [-0.15, -0.1) is 0 Å². The third-order valence-electron chi connectivity index (χ3n) is 3.74. The van der Waals surface area contributed by atoms with E-state index < -0.39 is 9.84 Å². The minimum atomic E-state index is -3.27. The molecule has 0 bridgehead atoms. The van der Waals surface area contributed by atoms with Crippen LogP contribution in [0.15, 0.2) is 34.0 Å². The molecule has 1 heterocycles. The van der Waals surface area contributed by atoms with Crippen LogP contribution in [0.2, 0.25) is 0 Å². The van der Waals surface area contributed by atoms with Gasteiger partial charge in [0.05, 0.1) is 5.70 Å². The first-order chi connectivity index (χ1) is 11.2. The zero-order valence-electron chi connectivity index (χ0n) is 15.7. The smallest absolute Gasteiger partial charge is 0.190 e. The van der Waals surface area contributed by atoms with Crippen LogP contribution >= 0.6 is 11.6 Å². The van der Waals surface area contributed by atoms with Gasteiger partial charge in [0.2, 0.25) is 0 Å². The topological polar surface area (TPSA) is 58.2 Å². The zero-order valence-corrected chi connectivity index (χ0v) is 17.3. The summed E-state index contributed by atoms with van der Waals surface area (Å²) in [6.45, 7) is 14.1. The van der Waals surface area contributed by atoms with Crippen LogP contribution in [0, 0.1) is 5.92 Å². The molecule has 2 aliphatic rings. The Labute approximate surface area is 153 Å². The third kappa shape index (κ3) is 8.90. The summed E-state index contributed by atoms with van der Waals surface area (Å²) in [6, 6.07) is 0. The quantitative estimate of drug-likeness (QED) is 0.770. The van der Waals surface area contributed by atoms with E-state index in [2.05, 4.69) is 24.1 Å². The van der Waals surface area contributed by atoms with E-state index >= 15 is 0 Å². The maximum absolute atomic E-state index is 11.2. The molecule has 0 saturated carbocycles. The van der Waals surface area contributed by atoms with Crippen molar-refractivity contribution in [1.82, 2.24) is 10.6 Å². The van der Waals surface area contributed by atoms with Crippen LogP contribution in [-0.2, 0) is 9.84 Å². The zero-order chi connectivity index (χ0) is 18.8. The minimum absolute atomic E-state index is 0.0229. The number of allylic oxidation sites excluding steroid dienone is 3. The lowest BCUT2D eigenvalue weighted by molar-refractivity contribution is 0.405. The van der Waals surface area contributed by atoms with Crippen molar-refractivity contribution in [3.63, 3.8) is 0 Å². The van der Waals surface area contributed by atoms with Gasteiger partial charge in [0.15, 0.2) is 9.84 Å². The molecular formula is C18H33ClN2O2S. The Morgan fingerprint density at radius 1 is 1.42 bits per heavy atom. The van der Waals surface area contributed by atoms with Gasteiger partial charge in [-0.25, -0.2) is 8.42 Å². The van der Waals surface area contributed by atoms with E-state index in [0.29, 0.717) is 10.7 Å². The van der Waals surface area contributed by atoms with Crippen LogP contribution in [-0.4, -0.2) is 27.8 Å². The summed E-state index contributed by atoms with van der Waals surface area (Å²) in [4.78, 5) is 0. The van der Waals surface area contributed by atoms with Gasteiger partial charge in [0.1, 0.15) is 5.03 Å².